The Balaban J connectivity index is 2.20. The number of carbonyl (C=O) groups excluding carboxylic acids is 2. The summed E-state index contributed by atoms with van der Waals surface area (Å²) in [5.41, 5.74) is 0. The molecule has 0 aliphatic carbocycles. The van der Waals surface area contributed by atoms with Crippen molar-refractivity contribution >= 4 is 11.8 Å². The summed E-state index contributed by atoms with van der Waals surface area (Å²) in [5, 5.41) is 2.60. The average Bonchev–Trinajstić information content (AvgIpc) is 2.26. The average molecular weight is 213 g/mol. The molecule has 0 aromatic heterocycles. The fourth-order valence-corrected chi connectivity index (χ4v) is 1.67. The SMILES string of the molecule is CNC(=O)CCN1CCN(C(C)=O)CC1. The van der Waals surface area contributed by atoms with Crippen LogP contribution in [0.1, 0.15) is 13.3 Å². The van der Waals surface area contributed by atoms with E-state index < -0.39 is 0 Å². The Kier molecular flexibility index (Phi) is 4.55. The zero-order valence-corrected chi connectivity index (χ0v) is 9.45. The predicted octanol–water partition coefficient (Wildman–Crippen LogP) is -0.713. The molecule has 0 aromatic carbocycles. The number of amides is 2. The van der Waals surface area contributed by atoms with Gasteiger partial charge >= 0.3 is 0 Å². The normalized spacial score (nSPS) is 17.6. The molecule has 0 radical (unpaired) electrons. The third kappa shape index (κ3) is 3.87. The molecular formula is C10H19N3O2. The number of hydrogen-bond acceptors (Lipinski definition) is 3. The highest BCUT2D eigenvalue weighted by atomic mass is 16.2. The third-order valence-electron chi connectivity index (χ3n) is 2.75. The van der Waals surface area contributed by atoms with Gasteiger partial charge in [0.05, 0.1) is 0 Å². The number of nitrogens with one attached hydrogen (secondary N) is 1. The monoisotopic (exact) mass is 213 g/mol. The minimum atomic E-state index is 0.0731. The first-order valence-corrected chi connectivity index (χ1v) is 5.32. The van der Waals surface area contributed by atoms with Gasteiger partial charge in [-0.15, -0.1) is 0 Å². The van der Waals surface area contributed by atoms with Crippen LogP contribution in [-0.2, 0) is 9.59 Å². The van der Waals surface area contributed by atoms with Crippen molar-refractivity contribution in [2.24, 2.45) is 0 Å². The van der Waals surface area contributed by atoms with Crippen LogP contribution in [0.5, 0.6) is 0 Å². The van der Waals surface area contributed by atoms with Crippen LogP contribution in [0.25, 0.3) is 0 Å². The van der Waals surface area contributed by atoms with E-state index in [2.05, 4.69) is 10.2 Å². The lowest BCUT2D eigenvalue weighted by Gasteiger charge is -2.33. The summed E-state index contributed by atoms with van der Waals surface area (Å²) >= 11 is 0. The minimum Gasteiger partial charge on any atom is -0.359 e. The van der Waals surface area contributed by atoms with E-state index in [1.165, 1.54) is 0 Å². The molecule has 1 saturated heterocycles. The van der Waals surface area contributed by atoms with Crippen LogP contribution in [0, 0.1) is 0 Å². The Bertz CT molecular complexity index is 235. The summed E-state index contributed by atoms with van der Waals surface area (Å²) in [6.45, 7) is 5.69. The number of carbonyl (C=O) groups is 2. The van der Waals surface area contributed by atoms with E-state index in [0.29, 0.717) is 6.42 Å². The first kappa shape index (κ1) is 12.0. The maximum atomic E-state index is 11.1. The molecule has 1 aliphatic heterocycles. The standard InChI is InChI=1S/C10H19N3O2/c1-9(14)13-7-5-12(6-8-13)4-3-10(15)11-2/h3-8H2,1-2H3,(H,11,15). The van der Waals surface area contributed by atoms with Gasteiger partial charge in [0.25, 0.3) is 0 Å². The lowest BCUT2D eigenvalue weighted by atomic mass is 10.3. The van der Waals surface area contributed by atoms with Crippen molar-refractivity contribution in [2.75, 3.05) is 39.8 Å². The largest absolute Gasteiger partial charge is 0.359 e. The minimum absolute atomic E-state index is 0.0731. The second-order valence-corrected chi connectivity index (χ2v) is 3.77. The molecular weight excluding hydrogens is 194 g/mol. The van der Waals surface area contributed by atoms with Gasteiger partial charge in [-0.2, -0.15) is 0 Å². The van der Waals surface area contributed by atoms with Crippen LogP contribution in [0.3, 0.4) is 0 Å². The Morgan fingerprint density at radius 3 is 2.27 bits per heavy atom. The highest BCUT2D eigenvalue weighted by Crippen LogP contribution is 2.02. The topological polar surface area (TPSA) is 52.7 Å². The highest BCUT2D eigenvalue weighted by Gasteiger charge is 2.18. The molecule has 1 N–H and O–H groups in total. The zero-order valence-electron chi connectivity index (χ0n) is 9.45. The van der Waals surface area contributed by atoms with Crippen molar-refractivity contribution in [2.45, 2.75) is 13.3 Å². The Morgan fingerprint density at radius 1 is 1.20 bits per heavy atom. The molecule has 15 heavy (non-hydrogen) atoms. The van der Waals surface area contributed by atoms with Gasteiger partial charge in [0.1, 0.15) is 0 Å². The van der Waals surface area contributed by atoms with Crippen LogP contribution >= 0.6 is 0 Å². The summed E-state index contributed by atoms with van der Waals surface area (Å²) in [6, 6.07) is 0. The molecule has 2 amide bonds. The zero-order chi connectivity index (χ0) is 11.3. The quantitative estimate of drug-likeness (QED) is 0.673. The second-order valence-electron chi connectivity index (χ2n) is 3.77. The van der Waals surface area contributed by atoms with Crippen molar-refractivity contribution in [1.82, 2.24) is 15.1 Å². The molecule has 0 saturated carbocycles. The van der Waals surface area contributed by atoms with Gasteiger partial charge in [0.2, 0.25) is 11.8 Å². The lowest BCUT2D eigenvalue weighted by Crippen LogP contribution is -2.48. The van der Waals surface area contributed by atoms with Gasteiger partial charge in [-0.25, -0.2) is 0 Å². The Labute approximate surface area is 90.4 Å². The van der Waals surface area contributed by atoms with Gasteiger partial charge in [-0.3, -0.25) is 14.5 Å². The predicted molar refractivity (Wildman–Crippen MR) is 57.4 cm³/mol. The van der Waals surface area contributed by atoms with E-state index in [0.717, 1.165) is 32.7 Å². The molecule has 0 aromatic rings. The van der Waals surface area contributed by atoms with Crippen molar-refractivity contribution in [1.29, 1.82) is 0 Å². The van der Waals surface area contributed by atoms with E-state index in [9.17, 15) is 9.59 Å². The van der Waals surface area contributed by atoms with E-state index in [-0.39, 0.29) is 11.8 Å². The third-order valence-corrected chi connectivity index (χ3v) is 2.75. The number of hydrogen-bond donors (Lipinski definition) is 1. The first-order chi connectivity index (χ1) is 7.13. The maximum absolute atomic E-state index is 11.1. The van der Waals surface area contributed by atoms with Gasteiger partial charge < -0.3 is 10.2 Å². The van der Waals surface area contributed by atoms with Gasteiger partial charge in [-0.1, -0.05) is 0 Å². The summed E-state index contributed by atoms with van der Waals surface area (Å²) in [4.78, 5) is 26.1. The number of rotatable bonds is 3. The van der Waals surface area contributed by atoms with Gasteiger partial charge in [-0.05, 0) is 0 Å². The van der Waals surface area contributed by atoms with Crippen LogP contribution in [0.4, 0.5) is 0 Å². The molecule has 5 heteroatoms. The first-order valence-electron chi connectivity index (χ1n) is 5.32. The molecule has 5 nitrogen and oxygen atoms in total. The highest BCUT2D eigenvalue weighted by molar-refractivity contribution is 5.75. The van der Waals surface area contributed by atoms with Crippen molar-refractivity contribution in [3.05, 3.63) is 0 Å². The molecule has 0 spiro atoms. The molecule has 1 fully saturated rings. The van der Waals surface area contributed by atoms with E-state index in [4.69, 9.17) is 0 Å². The second kappa shape index (κ2) is 5.70. The van der Waals surface area contributed by atoms with E-state index >= 15 is 0 Å². The van der Waals surface area contributed by atoms with Crippen LogP contribution < -0.4 is 5.32 Å². The fourth-order valence-electron chi connectivity index (χ4n) is 1.67. The molecule has 0 atom stereocenters. The smallest absolute Gasteiger partial charge is 0.221 e. The van der Waals surface area contributed by atoms with Crippen LogP contribution in [0.15, 0.2) is 0 Å². The Morgan fingerprint density at radius 2 is 1.80 bits per heavy atom. The summed E-state index contributed by atoms with van der Waals surface area (Å²) in [6.07, 6.45) is 0.538. The summed E-state index contributed by atoms with van der Waals surface area (Å²) in [5.74, 6) is 0.213. The molecule has 0 unspecified atom stereocenters. The summed E-state index contributed by atoms with van der Waals surface area (Å²) in [7, 11) is 1.65. The van der Waals surface area contributed by atoms with Gasteiger partial charge in [0.15, 0.2) is 0 Å². The fraction of sp³-hybridized carbons (Fsp3) is 0.800. The van der Waals surface area contributed by atoms with Crippen LogP contribution in [0.2, 0.25) is 0 Å². The Hall–Kier alpha value is -1.10. The number of piperazine rings is 1. The lowest BCUT2D eigenvalue weighted by molar-refractivity contribution is -0.131. The molecule has 1 aliphatic rings. The molecule has 1 rings (SSSR count). The summed E-state index contributed by atoms with van der Waals surface area (Å²) < 4.78 is 0. The maximum Gasteiger partial charge on any atom is 0.221 e. The van der Waals surface area contributed by atoms with Crippen molar-refractivity contribution in [3.8, 4) is 0 Å². The molecule has 86 valence electrons. The van der Waals surface area contributed by atoms with Crippen molar-refractivity contribution < 1.29 is 9.59 Å². The van der Waals surface area contributed by atoms with E-state index in [1.807, 2.05) is 4.90 Å². The molecule has 1 heterocycles. The molecule has 0 bridgehead atoms. The van der Waals surface area contributed by atoms with Crippen LogP contribution in [-0.4, -0.2) is 61.4 Å². The van der Waals surface area contributed by atoms with E-state index in [1.54, 1.807) is 14.0 Å². The van der Waals surface area contributed by atoms with Gasteiger partial charge in [0, 0.05) is 53.1 Å². The number of nitrogens with zero attached hydrogens (tertiary/aromatic N) is 2. The van der Waals surface area contributed by atoms with Crippen molar-refractivity contribution in [3.63, 3.8) is 0 Å².